The molecule has 0 bridgehead atoms. The van der Waals surface area contributed by atoms with Crippen LogP contribution in [-0.2, 0) is 6.54 Å². The molecule has 2 nitrogen and oxygen atoms in total. The van der Waals surface area contributed by atoms with E-state index in [0.717, 1.165) is 18.5 Å². The molecule has 0 fully saturated rings. The van der Waals surface area contributed by atoms with Crippen LogP contribution in [0.15, 0.2) is 24.3 Å². The Balaban J connectivity index is 2.82. The van der Waals surface area contributed by atoms with E-state index in [1.807, 2.05) is 12.1 Å². The summed E-state index contributed by atoms with van der Waals surface area (Å²) < 4.78 is 0. The fraction of sp³-hybridized carbons (Fsp3) is 0.500. The Labute approximate surface area is 110 Å². The minimum Gasteiger partial charge on any atom is -0.389 e. The Morgan fingerprint density at radius 2 is 2.06 bits per heavy atom. The zero-order valence-electron chi connectivity index (χ0n) is 11.2. The number of rotatable bonds is 5. The first kappa shape index (κ1) is 14.1. The molecular weight excluding hydrogens is 228 g/mol. The Kier molecular flexibility index (Phi) is 4.66. The van der Waals surface area contributed by atoms with Gasteiger partial charge in [-0.1, -0.05) is 37.3 Å². The van der Waals surface area contributed by atoms with Crippen LogP contribution in [0.1, 0.15) is 38.3 Å². The summed E-state index contributed by atoms with van der Waals surface area (Å²) in [4.78, 5) is 2.82. The van der Waals surface area contributed by atoms with Crippen molar-refractivity contribution < 1.29 is 0 Å². The molecule has 0 unspecified atom stereocenters. The van der Waals surface area contributed by atoms with Gasteiger partial charge >= 0.3 is 0 Å². The van der Waals surface area contributed by atoms with E-state index < -0.39 is 0 Å². The van der Waals surface area contributed by atoms with Crippen molar-refractivity contribution in [3.8, 4) is 0 Å². The maximum Gasteiger partial charge on any atom is 0.103 e. The monoisotopic (exact) mass is 250 g/mol. The first-order chi connectivity index (χ1) is 7.86. The fourth-order valence-corrected chi connectivity index (χ4v) is 1.71. The van der Waals surface area contributed by atoms with E-state index in [1.54, 1.807) is 0 Å². The fourth-order valence-electron chi connectivity index (χ4n) is 1.58. The third-order valence-corrected chi connectivity index (χ3v) is 3.77. The van der Waals surface area contributed by atoms with Crippen molar-refractivity contribution >= 4 is 17.2 Å². The summed E-state index contributed by atoms with van der Waals surface area (Å²) in [5, 5.41) is 0. The highest BCUT2D eigenvalue weighted by atomic mass is 32.1. The topological polar surface area (TPSA) is 29.3 Å². The van der Waals surface area contributed by atoms with Gasteiger partial charge < -0.3 is 5.73 Å². The van der Waals surface area contributed by atoms with Gasteiger partial charge in [0.05, 0.1) is 0 Å². The van der Waals surface area contributed by atoms with Crippen molar-refractivity contribution in [2.45, 2.75) is 39.3 Å². The average Bonchev–Trinajstić information content (AvgIpc) is 2.29. The second kappa shape index (κ2) is 5.61. The van der Waals surface area contributed by atoms with Gasteiger partial charge in [0.2, 0.25) is 0 Å². The smallest absolute Gasteiger partial charge is 0.103 e. The van der Waals surface area contributed by atoms with E-state index in [2.05, 4.69) is 44.9 Å². The van der Waals surface area contributed by atoms with Gasteiger partial charge in [-0.15, -0.1) is 0 Å². The van der Waals surface area contributed by atoms with Crippen molar-refractivity contribution in [2.24, 2.45) is 5.73 Å². The molecule has 2 N–H and O–H groups in total. The lowest BCUT2D eigenvalue weighted by Gasteiger charge is -2.34. The molecule has 1 aromatic carbocycles. The highest BCUT2D eigenvalue weighted by Gasteiger charge is 2.20. The molecule has 0 aromatic heterocycles. The van der Waals surface area contributed by atoms with Crippen molar-refractivity contribution in [3.05, 3.63) is 35.4 Å². The molecule has 0 aliphatic carbocycles. The van der Waals surface area contributed by atoms with Gasteiger partial charge in [0.15, 0.2) is 0 Å². The predicted octanol–water partition coefficient (Wildman–Crippen LogP) is 2.94. The van der Waals surface area contributed by atoms with E-state index in [-0.39, 0.29) is 5.54 Å². The van der Waals surface area contributed by atoms with Crippen LogP contribution in [-0.4, -0.2) is 22.5 Å². The number of hydrogen-bond donors (Lipinski definition) is 1. The summed E-state index contributed by atoms with van der Waals surface area (Å²) in [5.41, 5.74) is 8.04. The summed E-state index contributed by atoms with van der Waals surface area (Å²) >= 11 is 5.00. The average molecular weight is 250 g/mol. The van der Waals surface area contributed by atoms with E-state index in [9.17, 15) is 0 Å². The van der Waals surface area contributed by atoms with Gasteiger partial charge in [-0.2, -0.15) is 0 Å². The second-order valence-corrected chi connectivity index (χ2v) is 5.53. The van der Waals surface area contributed by atoms with Gasteiger partial charge in [-0.05, 0) is 38.9 Å². The first-order valence-corrected chi connectivity index (χ1v) is 6.37. The quantitative estimate of drug-likeness (QED) is 0.815. The lowest BCUT2D eigenvalue weighted by Crippen LogP contribution is -2.39. The standard InChI is InChI=1S/C14H22N2S/c1-5-14(2,3)16(4)10-11-7-6-8-12(9-11)13(15)17/h6-9H,5,10H2,1-4H3,(H2,15,17). The van der Waals surface area contributed by atoms with Crippen LogP contribution >= 0.6 is 12.2 Å². The van der Waals surface area contributed by atoms with Crippen LogP contribution in [0.4, 0.5) is 0 Å². The highest BCUT2D eigenvalue weighted by molar-refractivity contribution is 7.80. The molecule has 1 aromatic rings. The van der Waals surface area contributed by atoms with Gasteiger partial charge in [0.1, 0.15) is 4.99 Å². The molecule has 0 saturated heterocycles. The maximum absolute atomic E-state index is 5.64. The zero-order chi connectivity index (χ0) is 13.1. The Hall–Kier alpha value is -0.930. The lowest BCUT2D eigenvalue weighted by atomic mass is 9.99. The van der Waals surface area contributed by atoms with E-state index in [0.29, 0.717) is 4.99 Å². The Morgan fingerprint density at radius 3 is 2.59 bits per heavy atom. The highest BCUT2D eigenvalue weighted by Crippen LogP contribution is 2.19. The predicted molar refractivity (Wildman–Crippen MR) is 78.2 cm³/mol. The number of nitrogens with zero attached hydrogens (tertiary/aromatic N) is 1. The Bertz CT molecular complexity index is 399. The molecule has 0 heterocycles. The third-order valence-electron chi connectivity index (χ3n) is 3.53. The summed E-state index contributed by atoms with van der Waals surface area (Å²) in [6.07, 6.45) is 1.12. The molecular formula is C14H22N2S. The molecule has 0 aliphatic rings. The zero-order valence-corrected chi connectivity index (χ0v) is 12.0. The molecule has 0 radical (unpaired) electrons. The molecule has 0 atom stereocenters. The summed E-state index contributed by atoms with van der Waals surface area (Å²) in [6.45, 7) is 7.63. The molecule has 0 spiro atoms. The van der Waals surface area contributed by atoms with E-state index >= 15 is 0 Å². The minimum atomic E-state index is 0.208. The van der Waals surface area contributed by atoms with Crippen LogP contribution in [0.5, 0.6) is 0 Å². The summed E-state index contributed by atoms with van der Waals surface area (Å²) in [5.74, 6) is 0. The molecule has 3 heteroatoms. The van der Waals surface area contributed by atoms with Crippen molar-refractivity contribution in [2.75, 3.05) is 7.05 Å². The molecule has 17 heavy (non-hydrogen) atoms. The minimum absolute atomic E-state index is 0.208. The van der Waals surface area contributed by atoms with E-state index in [1.165, 1.54) is 5.56 Å². The molecule has 0 amide bonds. The molecule has 0 saturated carbocycles. The van der Waals surface area contributed by atoms with Crippen LogP contribution < -0.4 is 5.73 Å². The SMILES string of the molecule is CCC(C)(C)N(C)Cc1cccc(C(N)=S)c1. The van der Waals surface area contributed by atoms with Crippen molar-refractivity contribution in [3.63, 3.8) is 0 Å². The van der Waals surface area contributed by atoms with Crippen LogP contribution in [0.25, 0.3) is 0 Å². The lowest BCUT2D eigenvalue weighted by molar-refractivity contribution is 0.143. The summed E-state index contributed by atoms with van der Waals surface area (Å²) in [7, 11) is 2.15. The van der Waals surface area contributed by atoms with Gasteiger partial charge in [-0.3, -0.25) is 4.90 Å². The van der Waals surface area contributed by atoms with Crippen LogP contribution in [0.3, 0.4) is 0 Å². The first-order valence-electron chi connectivity index (χ1n) is 5.97. The number of hydrogen-bond acceptors (Lipinski definition) is 2. The number of thiocarbonyl (C=S) groups is 1. The van der Waals surface area contributed by atoms with Crippen LogP contribution in [0, 0.1) is 0 Å². The van der Waals surface area contributed by atoms with Crippen molar-refractivity contribution in [1.29, 1.82) is 0 Å². The van der Waals surface area contributed by atoms with Gasteiger partial charge in [0, 0.05) is 17.6 Å². The maximum atomic E-state index is 5.64. The van der Waals surface area contributed by atoms with Crippen molar-refractivity contribution in [1.82, 2.24) is 4.90 Å². The van der Waals surface area contributed by atoms with Gasteiger partial charge in [-0.25, -0.2) is 0 Å². The normalized spacial score (nSPS) is 11.8. The summed E-state index contributed by atoms with van der Waals surface area (Å²) in [6, 6.07) is 8.15. The molecule has 0 aliphatic heterocycles. The second-order valence-electron chi connectivity index (χ2n) is 5.09. The van der Waals surface area contributed by atoms with Gasteiger partial charge in [0.25, 0.3) is 0 Å². The largest absolute Gasteiger partial charge is 0.389 e. The van der Waals surface area contributed by atoms with Crippen LogP contribution in [0.2, 0.25) is 0 Å². The molecule has 94 valence electrons. The Morgan fingerprint density at radius 1 is 1.41 bits per heavy atom. The molecule has 1 rings (SSSR count). The third kappa shape index (κ3) is 3.79. The van der Waals surface area contributed by atoms with E-state index in [4.69, 9.17) is 18.0 Å². The number of nitrogens with two attached hydrogens (primary N) is 1. The number of benzene rings is 1.